The molecular formula is C24H29N5O. The van der Waals surface area contributed by atoms with Gasteiger partial charge in [-0.2, -0.15) is 0 Å². The quantitative estimate of drug-likeness (QED) is 0.448. The number of nitrogens with one attached hydrogen (secondary N) is 2. The molecule has 4 rings (SSSR count). The van der Waals surface area contributed by atoms with Crippen molar-refractivity contribution in [2.75, 3.05) is 20.2 Å². The van der Waals surface area contributed by atoms with E-state index < -0.39 is 0 Å². The van der Waals surface area contributed by atoms with Crippen LogP contribution < -0.4 is 15.4 Å². The molecule has 0 amide bonds. The Morgan fingerprint density at radius 3 is 2.87 bits per heavy atom. The molecule has 3 aromatic rings. The second-order valence-electron chi connectivity index (χ2n) is 7.42. The van der Waals surface area contributed by atoms with Gasteiger partial charge in [-0.1, -0.05) is 42.5 Å². The van der Waals surface area contributed by atoms with Gasteiger partial charge in [0.1, 0.15) is 11.6 Å². The number of ether oxygens (including phenoxy) is 1. The van der Waals surface area contributed by atoms with Crippen LogP contribution in [0.3, 0.4) is 0 Å². The summed E-state index contributed by atoms with van der Waals surface area (Å²) in [7, 11) is 1.80. The molecule has 0 atom stereocenters. The number of aromatic nitrogens is 2. The highest BCUT2D eigenvalue weighted by atomic mass is 16.5. The fraction of sp³-hybridized carbons (Fsp3) is 0.333. The molecule has 1 aliphatic heterocycles. The van der Waals surface area contributed by atoms with Crippen molar-refractivity contribution < 1.29 is 4.74 Å². The standard InChI is InChI=1S/C24H29N5O/c1-25-24(27-12-9-20-7-8-22-21(17-20)11-16-30-22)28-18-23-26-13-15-29(23)14-10-19-5-3-2-4-6-19/h2-8,13,15,17H,9-12,14,16,18H2,1H3,(H2,25,27,28). The molecule has 0 unspecified atom stereocenters. The van der Waals surface area contributed by atoms with E-state index in [2.05, 4.69) is 67.6 Å². The van der Waals surface area contributed by atoms with Crippen molar-refractivity contribution >= 4 is 5.96 Å². The molecule has 0 aliphatic carbocycles. The average molecular weight is 404 g/mol. The van der Waals surface area contributed by atoms with E-state index in [9.17, 15) is 0 Å². The van der Waals surface area contributed by atoms with Gasteiger partial charge in [-0.15, -0.1) is 0 Å². The summed E-state index contributed by atoms with van der Waals surface area (Å²) in [6, 6.07) is 17.0. The number of aryl methyl sites for hydroxylation is 2. The lowest BCUT2D eigenvalue weighted by Gasteiger charge is -2.13. The third-order valence-electron chi connectivity index (χ3n) is 5.38. The van der Waals surface area contributed by atoms with Crippen LogP contribution in [0.2, 0.25) is 0 Å². The zero-order valence-corrected chi connectivity index (χ0v) is 17.5. The molecule has 30 heavy (non-hydrogen) atoms. The van der Waals surface area contributed by atoms with Gasteiger partial charge in [-0.25, -0.2) is 4.98 Å². The summed E-state index contributed by atoms with van der Waals surface area (Å²) in [5.74, 6) is 2.83. The third kappa shape index (κ3) is 5.20. The molecule has 6 heteroatoms. The third-order valence-corrected chi connectivity index (χ3v) is 5.38. The van der Waals surface area contributed by atoms with Gasteiger partial charge < -0.3 is 19.9 Å². The Morgan fingerprint density at radius 2 is 2.00 bits per heavy atom. The molecule has 0 fully saturated rings. The van der Waals surface area contributed by atoms with Gasteiger partial charge >= 0.3 is 0 Å². The van der Waals surface area contributed by atoms with Crippen LogP contribution in [-0.4, -0.2) is 35.7 Å². The Labute approximate surface area is 178 Å². The van der Waals surface area contributed by atoms with Crippen molar-refractivity contribution in [1.29, 1.82) is 0 Å². The van der Waals surface area contributed by atoms with Crippen molar-refractivity contribution in [2.24, 2.45) is 4.99 Å². The molecule has 156 valence electrons. The van der Waals surface area contributed by atoms with Crippen molar-refractivity contribution in [2.45, 2.75) is 32.4 Å². The Kier molecular flexibility index (Phi) is 6.65. The predicted octanol–water partition coefficient (Wildman–Crippen LogP) is 2.97. The van der Waals surface area contributed by atoms with Crippen LogP contribution in [0.4, 0.5) is 0 Å². The normalized spacial score (nSPS) is 13.0. The van der Waals surface area contributed by atoms with Gasteiger partial charge in [0, 0.05) is 39.0 Å². The van der Waals surface area contributed by atoms with Crippen LogP contribution in [0.1, 0.15) is 22.5 Å². The molecule has 1 aliphatic rings. The average Bonchev–Trinajstić information content (AvgIpc) is 3.44. The number of aliphatic imine (C=N–C) groups is 1. The predicted molar refractivity (Wildman–Crippen MR) is 120 cm³/mol. The molecule has 2 N–H and O–H groups in total. The van der Waals surface area contributed by atoms with Crippen molar-refractivity contribution in [3.8, 4) is 5.75 Å². The first kappa shape index (κ1) is 20.0. The van der Waals surface area contributed by atoms with E-state index >= 15 is 0 Å². The molecule has 0 bridgehead atoms. The van der Waals surface area contributed by atoms with E-state index in [4.69, 9.17) is 4.74 Å². The van der Waals surface area contributed by atoms with Gasteiger partial charge in [-0.3, -0.25) is 4.99 Å². The van der Waals surface area contributed by atoms with E-state index in [1.807, 2.05) is 18.5 Å². The minimum absolute atomic E-state index is 0.637. The van der Waals surface area contributed by atoms with Crippen LogP contribution in [0.5, 0.6) is 5.75 Å². The number of guanidine groups is 1. The molecule has 2 heterocycles. The molecule has 1 aromatic heterocycles. The van der Waals surface area contributed by atoms with Gasteiger partial charge in [0.15, 0.2) is 5.96 Å². The van der Waals surface area contributed by atoms with Gasteiger partial charge in [0.2, 0.25) is 0 Å². The Bertz CT molecular complexity index is 980. The second kappa shape index (κ2) is 9.96. The summed E-state index contributed by atoms with van der Waals surface area (Å²) in [5, 5.41) is 6.77. The monoisotopic (exact) mass is 403 g/mol. The Morgan fingerprint density at radius 1 is 1.10 bits per heavy atom. The second-order valence-corrected chi connectivity index (χ2v) is 7.42. The van der Waals surface area contributed by atoms with Crippen LogP contribution in [-0.2, 0) is 32.4 Å². The molecule has 6 nitrogen and oxygen atoms in total. The maximum absolute atomic E-state index is 5.58. The largest absolute Gasteiger partial charge is 0.493 e. The van der Waals surface area contributed by atoms with E-state index in [-0.39, 0.29) is 0 Å². The molecule has 0 radical (unpaired) electrons. The Hall–Kier alpha value is -3.28. The maximum Gasteiger partial charge on any atom is 0.191 e. The number of benzene rings is 2. The summed E-state index contributed by atoms with van der Waals surface area (Å²) < 4.78 is 7.77. The number of fused-ring (bicyclic) bond motifs is 1. The lowest BCUT2D eigenvalue weighted by atomic mass is 10.1. The summed E-state index contributed by atoms with van der Waals surface area (Å²) in [6.45, 7) is 3.17. The smallest absolute Gasteiger partial charge is 0.191 e. The first-order chi connectivity index (χ1) is 14.8. The molecule has 0 saturated heterocycles. The number of imidazole rings is 1. The van der Waals surface area contributed by atoms with Crippen LogP contribution >= 0.6 is 0 Å². The van der Waals surface area contributed by atoms with Crippen molar-refractivity contribution in [3.63, 3.8) is 0 Å². The van der Waals surface area contributed by atoms with Gasteiger partial charge in [0.05, 0.1) is 13.2 Å². The van der Waals surface area contributed by atoms with E-state index in [0.29, 0.717) is 6.54 Å². The number of rotatable bonds is 8. The highest BCUT2D eigenvalue weighted by Crippen LogP contribution is 2.25. The number of hydrogen-bond acceptors (Lipinski definition) is 3. The Balaban J connectivity index is 1.23. The van der Waals surface area contributed by atoms with Crippen molar-refractivity contribution in [3.05, 3.63) is 83.4 Å². The van der Waals surface area contributed by atoms with E-state index in [0.717, 1.165) is 56.5 Å². The summed E-state index contributed by atoms with van der Waals surface area (Å²) in [6.07, 6.45) is 6.84. The number of nitrogens with zero attached hydrogens (tertiary/aromatic N) is 3. The summed E-state index contributed by atoms with van der Waals surface area (Å²) in [4.78, 5) is 8.84. The highest BCUT2D eigenvalue weighted by molar-refractivity contribution is 5.79. The zero-order chi connectivity index (χ0) is 20.6. The molecular weight excluding hydrogens is 374 g/mol. The lowest BCUT2D eigenvalue weighted by Crippen LogP contribution is -2.38. The number of hydrogen-bond donors (Lipinski definition) is 2. The summed E-state index contributed by atoms with van der Waals surface area (Å²) in [5.41, 5.74) is 3.97. The van der Waals surface area contributed by atoms with Gasteiger partial charge in [0.25, 0.3) is 0 Å². The topological polar surface area (TPSA) is 63.5 Å². The maximum atomic E-state index is 5.58. The van der Waals surface area contributed by atoms with Crippen molar-refractivity contribution in [1.82, 2.24) is 20.2 Å². The minimum Gasteiger partial charge on any atom is -0.493 e. The fourth-order valence-electron chi connectivity index (χ4n) is 3.71. The fourth-order valence-corrected chi connectivity index (χ4v) is 3.71. The molecule has 0 saturated carbocycles. The highest BCUT2D eigenvalue weighted by Gasteiger charge is 2.12. The SMILES string of the molecule is CN=C(NCCc1ccc2c(c1)CCO2)NCc1nccn1CCc1ccccc1. The first-order valence-electron chi connectivity index (χ1n) is 10.5. The molecule has 0 spiro atoms. The lowest BCUT2D eigenvalue weighted by molar-refractivity contribution is 0.357. The van der Waals surface area contributed by atoms with Gasteiger partial charge in [-0.05, 0) is 35.6 Å². The summed E-state index contributed by atoms with van der Waals surface area (Å²) >= 11 is 0. The van der Waals surface area contributed by atoms with Crippen LogP contribution in [0.15, 0.2) is 65.9 Å². The van der Waals surface area contributed by atoms with Crippen LogP contribution in [0, 0.1) is 0 Å². The van der Waals surface area contributed by atoms with E-state index in [1.54, 1.807) is 7.05 Å². The molecule has 2 aromatic carbocycles. The van der Waals surface area contributed by atoms with Crippen LogP contribution in [0.25, 0.3) is 0 Å². The van der Waals surface area contributed by atoms with E-state index in [1.165, 1.54) is 16.7 Å². The zero-order valence-electron chi connectivity index (χ0n) is 17.5. The first-order valence-corrected chi connectivity index (χ1v) is 10.5. The minimum atomic E-state index is 0.637.